The van der Waals surface area contributed by atoms with Crippen LogP contribution < -0.4 is 10.3 Å². The van der Waals surface area contributed by atoms with Gasteiger partial charge in [0.1, 0.15) is 11.3 Å². The van der Waals surface area contributed by atoms with Crippen LogP contribution in [0.25, 0.3) is 11.0 Å². The zero-order valence-corrected chi connectivity index (χ0v) is 11.7. The van der Waals surface area contributed by atoms with Crippen LogP contribution in [0.2, 0.25) is 0 Å². The second-order valence-electron chi connectivity index (χ2n) is 5.20. The molecular formula is C15H16N2O4. The lowest BCUT2D eigenvalue weighted by molar-refractivity contribution is 0.0664. The molecule has 0 atom stereocenters. The number of carboxylic acid groups (broad SMARTS) is 1. The number of rotatable bonds is 2. The number of nitrogens with zero attached hydrogens (tertiary/aromatic N) is 2. The molecule has 1 N–H and O–H groups in total. The van der Waals surface area contributed by atoms with E-state index in [1.807, 2.05) is 11.9 Å². The number of carboxylic acids is 1. The first-order valence-electron chi connectivity index (χ1n) is 6.80. The Labute approximate surface area is 121 Å². The minimum absolute atomic E-state index is 0.161. The van der Waals surface area contributed by atoms with Gasteiger partial charge in [0, 0.05) is 26.2 Å². The zero-order valence-electron chi connectivity index (χ0n) is 11.7. The van der Waals surface area contributed by atoms with Crippen molar-refractivity contribution < 1.29 is 14.3 Å². The number of carbonyl (C=O) groups is 1. The van der Waals surface area contributed by atoms with Crippen molar-refractivity contribution in [3.63, 3.8) is 0 Å². The van der Waals surface area contributed by atoms with Crippen molar-refractivity contribution in [3.05, 3.63) is 40.2 Å². The minimum atomic E-state index is -1.22. The fraction of sp³-hybridized carbons (Fsp3) is 0.333. The maximum Gasteiger partial charge on any atom is 0.374 e. The van der Waals surface area contributed by atoms with Gasteiger partial charge in [0.2, 0.25) is 11.2 Å². The summed E-state index contributed by atoms with van der Waals surface area (Å²) in [4.78, 5) is 28.1. The van der Waals surface area contributed by atoms with Crippen LogP contribution in [-0.4, -0.2) is 49.2 Å². The Morgan fingerprint density at radius 2 is 1.86 bits per heavy atom. The van der Waals surface area contributed by atoms with Gasteiger partial charge in [0.15, 0.2) is 0 Å². The van der Waals surface area contributed by atoms with Crippen LogP contribution >= 0.6 is 0 Å². The number of benzene rings is 1. The molecular weight excluding hydrogens is 272 g/mol. The Bertz CT molecular complexity index is 745. The van der Waals surface area contributed by atoms with E-state index < -0.39 is 5.97 Å². The lowest BCUT2D eigenvalue weighted by Crippen LogP contribution is -2.46. The molecule has 0 bridgehead atoms. The van der Waals surface area contributed by atoms with E-state index in [1.165, 1.54) is 0 Å². The van der Waals surface area contributed by atoms with Gasteiger partial charge >= 0.3 is 5.97 Å². The summed E-state index contributed by atoms with van der Waals surface area (Å²) >= 11 is 0. The Kier molecular flexibility index (Phi) is 3.39. The summed E-state index contributed by atoms with van der Waals surface area (Å²) in [5.74, 6) is -1.49. The number of fused-ring (bicyclic) bond motifs is 1. The molecule has 3 rings (SSSR count). The van der Waals surface area contributed by atoms with E-state index in [0.717, 1.165) is 13.1 Å². The number of para-hydroxylation sites is 1. The number of hydrogen-bond acceptors (Lipinski definition) is 5. The third kappa shape index (κ3) is 2.38. The first kappa shape index (κ1) is 13.6. The van der Waals surface area contributed by atoms with Gasteiger partial charge in [-0.15, -0.1) is 0 Å². The standard InChI is InChI=1S/C15H16N2O4/c1-16-6-8-17(9-7-16)12-13(18)10-4-2-3-5-11(10)21-14(12)15(19)20/h2-5H,6-9H2,1H3,(H,19,20). The summed E-state index contributed by atoms with van der Waals surface area (Å²) in [6.07, 6.45) is 0. The molecule has 1 aromatic heterocycles. The van der Waals surface area contributed by atoms with Gasteiger partial charge in [-0.05, 0) is 19.2 Å². The van der Waals surface area contributed by atoms with Gasteiger partial charge in [-0.25, -0.2) is 4.79 Å². The molecule has 0 spiro atoms. The van der Waals surface area contributed by atoms with Crippen molar-refractivity contribution in [2.75, 3.05) is 38.1 Å². The summed E-state index contributed by atoms with van der Waals surface area (Å²) in [6, 6.07) is 6.73. The van der Waals surface area contributed by atoms with Crippen molar-refractivity contribution in [2.24, 2.45) is 0 Å². The van der Waals surface area contributed by atoms with E-state index in [0.29, 0.717) is 24.1 Å². The average Bonchev–Trinajstić information content (AvgIpc) is 2.48. The predicted molar refractivity (Wildman–Crippen MR) is 79.2 cm³/mol. The summed E-state index contributed by atoms with van der Waals surface area (Å²) in [7, 11) is 2.00. The number of aromatic carboxylic acids is 1. The quantitative estimate of drug-likeness (QED) is 0.896. The molecule has 2 aromatic rings. The van der Waals surface area contributed by atoms with Gasteiger partial charge in [0.05, 0.1) is 5.39 Å². The van der Waals surface area contributed by atoms with Crippen LogP contribution in [0, 0.1) is 0 Å². The van der Waals surface area contributed by atoms with E-state index in [-0.39, 0.29) is 16.9 Å². The Morgan fingerprint density at radius 1 is 1.19 bits per heavy atom. The third-order valence-electron chi connectivity index (χ3n) is 3.79. The summed E-state index contributed by atoms with van der Waals surface area (Å²) in [5.41, 5.74) is 0.186. The zero-order chi connectivity index (χ0) is 15.0. The second kappa shape index (κ2) is 5.21. The molecule has 1 fully saturated rings. The molecule has 0 unspecified atom stereocenters. The molecule has 6 heteroatoms. The molecule has 1 aliphatic rings. The van der Waals surface area contributed by atoms with Gasteiger partial charge in [-0.3, -0.25) is 4.79 Å². The fourth-order valence-electron chi connectivity index (χ4n) is 2.59. The lowest BCUT2D eigenvalue weighted by Gasteiger charge is -2.33. The Balaban J connectivity index is 2.19. The first-order valence-corrected chi connectivity index (χ1v) is 6.80. The Morgan fingerprint density at radius 3 is 2.52 bits per heavy atom. The minimum Gasteiger partial charge on any atom is -0.475 e. The monoisotopic (exact) mass is 288 g/mol. The second-order valence-corrected chi connectivity index (χ2v) is 5.20. The van der Waals surface area contributed by atoms with Crippen LogP contribution in [0.15, 0.2) is 33.5 Å². The Hall–Kier alpha value is -2.34. The predicted octanol–water partition coefficient (Wildman–Crippen LogP) is 1.24. The maximum atomic E-state index is 12.7. The third-order valence-corrected chi connectivity index (χ3v) is 3.79. The SMILES string of the molecule is CN1CCN(c2c(C(=O)O)oc3ccccc3c2=O)CC1. The molecule has 1 saturated heterocycles. The maximum absolute atomic E-state index is 12.7. The molecule has 6 nitrogen and oxygen atoms in total. The highest BCUT2D eigenvalue weighted by atomic mass is 16.4. The first-order chi connectivity index (χ1) is 10.1. The van der Waals surface area contributed by atoms with E-state index in [4.69, 9.17) is 4.42 Å². The smallest absolute Gasteiger partial charge is 0.374 e. The van der Waals surface area contributed by atoms with Crippen LogP contribution in [0.1, 0.15) is 10.6 Å². The summed E-state index contributed by atoms with van der Waals surface area (Å²) in [5, 5.41) is 9.78. The van der Waals surface area contributed by atoms with Crippen LogP contribution in [-0.2, 0) is 0 Å². The lowest BCUT2D eigenvalue weighted by atomic mass is 10.1. The largest absolute Gasteiger partial charge is 0.475 e. The highest BCUT2D eigenvalue weighted by molar-refractivity contribution is 5.95. The van der Waals surface area contributed by atoms with Gasteiger partial charge in [-0.1, -0.05) is 12.1 Å². The number of hydrogen-bond donors (Lipinski definition) is 1. The van der Waals surface area contributed by atoms with Gasteiger partial charge < -0.3 is 19.3 Å². The molecule has 110 valence electrons. The molecule has 1 aromatic carbocycles. The summed E-state index contributed by atoms with van der Waals surface area (Å²) < 4.78 is 5.46. The average molecular weight is 288 g/mol. The molecule has 2 heterocycles. The van der Waals surface area contributed by atoms with Crippen LogP contribution in [0.3, 0.4) is 0 Å². The highest BCUT2D eigenvalue weighted by Crippen LogP contribution is 2.23. The van der Waals surface area contributed by atoms with Crippen molar-refractivity contribution in [1.82, 2.24) is 4.90 Å². The van der Waals surface area contributed by atoms with Crippen molar-refractivity contribution in [1.29, 1.82) is 0 Å². The molecule has 1 aliphatic heterocycles. The summed E-state index contributed by atoms with van der Waals surface area (Å²) in [6.45, 7) is 2.79. The number of piperazine rings is 1. The van der Waals surface area contributed by atoms with E-state index >= 15 is 0 Å². The van der Waals surface area contributed by atoms with E-state index in [2.05, 4.69) is 4.90 Å². The molecule has 0 aliphatic carbocycles. The van der Waals surface area contributed by atoms with Crippen LogP contribution in [0.4, 0.5) is 5.69 Å². The van der Waals surface area contributed by atoms with Crippen molar-refractivity contribution in [3.8, 4) is 0 Å². The molecule has 0 amide bonds. The van der Waals surface area contributed by atoms with E-state index in [9.17, 15) is 14.7 Å². The van der Waals surface area contributed by atoms with Crippen molar-refractivity contribution >= 4 is 22.6 Å². The topological polar surface area (TPSA) is 74.0 Å². The fourth-order valence-corrected chi connectivity index (χ4v) is 2.59. The van der Waals surface area contributed by atoms with Gasteiger partial charge in [-0.2, -0.15) is 0 Å². The van der Waals surface area contributed by atoms with Crippen molar-refractivity contribution in [2.45, 2.75) is 0 Å². The number of anilines is 1. The molecule has 21 heavy (non-hydrogen) atoms. The van der Waals surface area contributed by atoms with E-state index in [1.54, 1.807) is 24.3 Å². The number of likely N-dealkylation sites (N-methyl/N-ethyl adjacent to an activating group) is 1. The molecule has 0 radical (unpaired) electrons. The highest BCUT2D eigenvalue weighted by Gasteiger charge is 2.26. The van der Waals surface area contributed by atoms with Crippen LogP contribution in [0.5, 0.6) is 0 Å². The molecule has 0 saturated carbocycles. The van der Waals surface area contributed by atoms with Gasteiger partial charge in [0.25, 0.3) is 0 Å². The normalized spacial score (nSPS) is 16.3.